The third-order valence-corrected chi connectivity index (χ3v) is 5.08. The lowest BCUT2D eigenvalue weighted by Gasteiger charge is -2.20. The van der Waals surface area contributed by atoms with E-state index in [0.717, 1.165) is 16.0 Å². The molecule has 1 fully saturated rings. The molecule has 156 valence electrons. The van der Waals surface area contributed by atoms with Crippen molar-refractivity contribution in [3.63, 3.8) is 0 Å². The first kappa shape index (κ1) is 21.4. The third-order valence-electron chi connectivity index (χ3n) is 5.08. The van der Waals surface area contributed by atoms with Crippen LogP contribution < -0.4 is 5.32 Å². The summed E-state index contributed by atoms with van der Waals surface area (Å²) in [6.45, 7) is 2.80. The summed E-state index contributed by atoms with van der Waals surface area (Å²) in [6.07, 6.45) is 2.37. The number of hydrogen-bond donors (Lipinski definition) is 1. The topological polar surface area (TPSA) is 86.1 Å². The number of carbonyl (C=O) groups is 2. The van der Waals surface area contributed by atoms with E-state index in [9.17, 15) is 18.4 Å². The lowest BCUT2D eigenvalue weighted by molar-refractivity contribution is -0.131. The Kier molecular flexibility index (Phi) is 6.11. The molecule has 2 amide bonds. The summed E-state index contributed by atoms with van der Waals surface area (Å²) in [5.41, 5.74) is 2.86. The largest absolute Gasteiger partial charge is 0.343 e. The Morgan fingerprint density at radius 1 is 1.30 bits per heavy atom. The first-order chi connectivity index (χ1) is 14.2. The Balaban J connectivity index is 1.78. The van der Waals surface area contributed by atoms with Gasteiger partial charge in [-0.3, -0.25) is 14.6 Å². The predicted octanol–water partition coefficient (Wildman–Crippen LogP) is 3.36. The molecule has 0 bridgehead atoms. The molecule has 0 spiro atoms. The van der Waals surface area contributed by atoms with Gasteiger partial charge in [0.15, 0.2) is 0 Å². The highest BCUT2D eigenvalue weighted by Crippen LogP contribution is 2.32. The molecule has 8 heteroatoms. The lowest BCUT2D eigenvalue weighted by Crippen LogP contribution is -2.43. The van der Waals surface area contributed by atoms with E-state index < -0.39 is 43.3 Å². The van der Waals surface area contributed by atoms with E-state index >= 15 is 0 Å². The van der Waals surface area contributed by atoms with E-state index in [-0.39, 0.29) is 5.92 Å². The van der Waals surface area contributed by atoms with E-state index in [1.807, 2.05) is 38.1 Å². The van der Waals surface area contributed by atoms with E-state index in [1.54, 1.807) is 18.3 Å². The highest BCUT2D eigenvalue weighted by atomic mass is 19.3. The zero-order valence-electron chi connectivity index (χ0n) is 16.7. The van der Waals surface area contributed by atoms with Gasteiger partial charge in [-0.1, -0.05) is 38.1 Å². The van der Waals surface area contributed by atoms with Gasteiger partial charge < -0.3 is 10.2 Å². The van der Waals surface area contributed by atoms with Gasteiger partial charge in [0.2, 0.25) is 5.91 Å². The van der Waals surface area contributed by atoms with Crippen LogP contribution in [-0.2, 0) is 4.79 Å². The van der Waals surface area contributed by atoms with Crippen molar-refractivity contribution in [3.05, 3.63) is 53.9 Å². The van der Waals surface area contributed by atoms with Crippen molar-refractivity contribution in [3.8, 4) is 17.2 Å². The fraction of sp³-hybridized carbons (Fsp3) is 0.364. The summed E-state index contributed by atoms with van der Waals surface area (Å²) in [5, 5.41) is 11.5. The average molecular weight is 412 g/mol. The van der Waals surface area contributed by atoms with Crippen molar-refractivity contribution >= 4 is 11.8 Å². The van der Waals surface area contributed by atoms with Crippen LogP contribution in [0.15, 0.2) is 42.7 Å². The van der Waals surface area contributed by atoms with Crippen LogP contribution in [-0.4, -0.2) is 46.8 Å². The second kappa shape index (κ2) is 8.57. The van der Waals surface area contributed by atoms with Gasteiger partial charge in [0.05, 0.1) is 24.7 Å². The number of carbonyl (C=O) groups excluding carboxylic acids is 2. The van der Waals surface area contributed by atoms with Crippen LogP contribution in [0.2, 0.25) is 0 Å². The third kappa shape index (κ3) is 4.46. The molecule has 1 atom stereocenters. The maximum absolute atomic E-state index is 13.6. The van der Waals surface area contributed by atoms with Crippen LogP contribution in [0.3, 0.4) is 0 Å². The minimum absolute atomic E-state index is 0.221. The second-order valence-electron chi connectivity index (χ2n) is 7.57. The standard InChI is InChI=1S/C22H22F2N4O2/c1-14(2)16-5-3-4-6-17(16)19-11-26-8-7-18(19)21(30)27-12-20(29)28-13-22(23,24)9-15(28)10-25/h3-8,11,14-15H,9,12-13H2,1-2H3,(H,27,30)/t15-/m0/s1. The quantitative estimate of drug-likeness (QED) is 0.816. The minimum Gasteiger partial charge on any atom is -0.343 e. The average Bonchev–Trinajstić information content (AvgIpc) is 3.06. The first-order valence-corrected chi connectivity index (χ1v) is 9.62. The van der Waals surface area contributed by atoms with Crippen LogP contribution in [0.25, 0.3) is 11.1 Å². The monoisotopic (exact) mass is 412 g/mol. The van der Waals surface area contributed by atoms with Crippen molar-refractivity contribution in [1.82, 2.24) is 15.2 Å². The van der Waals surface area contributed by atoms with E-state index in [4.69, 9.17) is 5.26 Å². The molecule has 0 radical (unpaired) electrons. The highest BCUT2D eigenvalue weighted by molar-refractivity contribution is 6.02. The Labute approximate surface area is 173 Å². The summed E-state index contributed by atoms with van der Waals surface area (Å²) in [5.74, 6) is -4.11. The Hall–Kier alpha value is -3.34. The molecule has 1 aromatic heterocycles. The number of pyridine rings is 1. The van der Waals surface area contributed by atoms with Gasteiger partial charge in [0, 0.05) is 24.4 Å². The van der Waals surface area contributed by atoms with Gasteiger partial charge >= 0.3 is 0 Å². The van der Waals surface area contributed by atoms with Crippen molar-refractivity contribution in [2.75, 3.05) is 13.1 Å². The smallest absolute Gasteiger partial charge is 0.268 e. The zero-order chi connectivity index (χ0) is 21.9. The number of amides is 2. The normalized spacial score (nSPS) is 17.6. The molecule has 1 N–H and O–H groups in total. The molecule has 30 heavy (non-hydrogen) atoms. The maximum atomic E-state index is 13.6. The molecule has 6 nitrogen and oxygen atoms in total. The zero-order valence-corrected chi connectivity index (χ0v) is 16.7. The number of halogens is 2. The Bertz CT molecular complexity index is 1000. The molecule has 2 aromatic rings. The fourth-order valence-electron chi connectivity index (χ4n) is 3.60. The molecular formula is C22H22F2N4O2. The van der Waals surface area contributed by atoms with E-state index in [1.165, 1.54) is 6.20 Å². The number of rotatable bonds is 5. The number of nitrogens with zero attached hydrogens (tertiary/aromatic N) is 3. The number of nitriles is 1. The molecular weight excluding hydrogens is 390 g/mol. The summed E-state index contributed by atoms with van der Waals surface area (Å²) >= 11 is 0. The molecule has 0 unspecified atom stereocenters. The minimum atomic E-state index is -3.10. The van der Waals surface area contributed by atoms with Crippen LogP contribution >= 0.6 is 0 Å². The van der Waals surface area contributed by atoms with Crippen molar-refractivity contribution in [1.29, 1.82) is 5.26 Å². The molecule has 1 aromatic carbocycles. The molecule has 3 rings (SSSR count). The summed E-state index contributed by atoms with van der Waals surface area (Å²) in [6, 6.07) is 9.75. The van der Waals surface area contributed by atoms with Crippen LogP contribution in [0.1, 0.15) is 42.1 Å². The Morgan fingerprint density at radius 3 is 2.73 bits per heavy atom. The van der Waals surface area contributed by atoms with Crippen LogP contribution in [0, 0.1) is 11.3 Å². The van der Waals surface area contributed by atoms with Gasteiger partial charge in [0.25, 0.3) is 11.8 Å². The molecule has 1 aliphatic heterocycles. The van der Waals surface area contributed by atoms with E-state index in [0.29, 0.717) is 11.1 Å². The summed E-state index contributed by atoms with van der Waals surface area (Å²) in [7, 11) is 0. The van der Waals surface area contributed by atoms with Crippen molar-refractivity contribution in [2.24, 2.45) is 0 Å². The Morgan fingerprint density at radius 2 is 2.03 bits per heavy atom. The van der Waals surface area contributed by atoms with E-state index in [2.05, 4.69) is 10.3 Å². The van der Waals surface area contributed by atoms with Crippen LogP contribution in [0.4, 0.5) is 8.78 Å². The highest BCUT2D eigenvalue weighted by Gasteiger charge is 2.47. The predicted molar refractivity (Wildman–Crippen MR) is 107 cm³/mol. The summed E-state index contributed by atoms with van der Waals surface area (Å²) in [4.78, 5) is 30.1. The number of aromatic nitrogens is 1. The maximum Gasteiger partial charge on any atom is 0.268 e. The van der Waals surface area contributed by atoms with Gasteiger partial charge in [-0.2, -0.15) is 5.26 Å². The van der Waals surface area contributed by atoms with Crippen LogP contribution in [0.5, 0.6) is 0 Å². The number of alkyl halides is 2. The number of likely N-dealkylation sites (tertiary alicyclic amines) is 1. The molecule has 2 heterocycles. The van der Waals surface area contributed by atoms with Crippen molar-refractivity contribution < 1.29 is 18.4 Å². The number of nitrogens with one attached hydrogen (secondary N) is 1. The molecule has 1 saturated heterocycles. The molecule has 0 aliphatic carbocycles. The van der Waals surface area contributed by atoms with Gasteiger partial charge in [0.1, 0.15) is 6.04 Å². The molecule has 1 aliphatic rings. The number of benzene rings is 1. The lowest BCUT2D eigenvalue weighted by atomic mass is 9.91. The SMILES string of the molecule is CC(C)c1ccccc1-c1cnccc1C(=O)NCC(=O)N1CC(F)(F)C[C@H]1C#N. The van der Waals surface area contributed by atoms with Gasteiger partial charge in [-0.05, 0) is 23.1 Å². The van der Waals surface area contributed by atoms with Crippen molar-refractivity contribution in [2.45, 2.75) is 38.2 Å². The van der Waals surface area contributed by atoms with Gasteiger partial charge in [-0.25, -0.2) is 8.78 Å². The summed E-state index contributed by atoms with van der Waals surface area (Å²) < 4.78 is 27.1. The first-order valence-electron chi connectivity index (χ1n) is 9.62. The fourth-order valence-corrected chi connectivity index (χ4v) is 3.60. The number of hydrogen-bond acceptors (Lipinski definition) is 4. The van der Waals surface area contributed by atoms with Gasteiger partial charge in [-0.15, -0.1) is 0 Å². The second-order valence-corrected chi connectivity index (χ2v) is 7.57. The molecule has 0 saturated carbocycles.